The van der Waals surface area contributed by atoms with Gasteiger partial charge in [-0.25, -0.2) is 0 Å². The van der Waals surface area contributed by atoms with E-state index >= 15 is 0 Å². The molecule has 0 amide bonds. The predicted octanol–water partition coefficient (Wildman–Crippen LogP) is 2.89. The molecule has 0 bridgehead atoms. The molecule has 1 saturated carbocycles. The maximum absolute atomic E-state index is 4.52. The second kappa shape index (κ2) is 4.77. The van der Waals surface area contributed by atoms with Gasteiger partial charge in [0, 0.05) is 11.3 Å². The van der Waals surface area contributed by atoms with Crippen LogP contribution in [0.5, 0.6) is 0 Å². The fourth-order valence-electron chi connectivity index (χ4n) is 2.41. The van der Waals surface area contributed by atoms with Gasteiger partial charge in [0.1, 0.15) is 0 Å². The van der Waals surface area contributed by atoms with E-state index in [9.17, 15) is 0 Å². The molecular weight excluding hydrogens is 204 g/mol. The Morgan fingerprint density at radius 2 is 2.00 bits per heavy atom. The van der Waals surface area contributed by atoms with E-state index in [1.165, 1.54) is 24.4 Å². The third-order valence-corrected chi connectivity index (χ3v) is 4.75. The van der Waals surface area contributed by atoms with Crippen LogP contribution in [0.3, 0.4) is 0 Å². The van der Waals surface area contributed by atoms with Crippen molar-refractivity contribution < 1.29 is 0 Å². The van der Waals surface area contributed by atoms with E-state index in [1.807, 2.05) is 11.8 Å². The highest BCUT2D eigenvalue weighted by molar-refractivity contribution is 8.14. The highest BCUT2D eigenvalue weighted by atomic mass is 32.2. The molecule has 2 aliphatic rings. The summed E-state index contributed by atoms with van der Waals surface area (Å²) < 4.78 is 0. The first-order valence-electron chi connectivity index (χ1n) is 6.12. The third kappa shape index (κ3) is 2.90. The van der Waals surface area contributed by atoms with Gasteiger partial charge < -0.3 is 5.32 Å². The van der Waals surface area contributed by atoms with Gasteiger partial charge in [0.2, 0.25) is 0 Å². The van der Waals surface area contributed by atoms with Crippen LogP contribution in [0.15, 0.2) is 4.99 Å². The van der Waals surface area contributed by atoms with Crippen molar-refractivity contribution in [2.75, 3.05) is 6.54 Å². The van der Waals surface area contributed by atoms with Crippen LogP contribution in [0, 0.1) is 11.8 Å². The smallest absolute Gasteiger partial charge is 0.157 e. The van der Waals surface area contributed by atoms with Gasteiger partial charge in [0.15, 0.2) is 5.17 Å². The molecule has 1 fully saturated rings. The second-order valence-corrected chi connectivity index (χ2v) is 6.61. The second-order valence-electron chi connectivity index (χ2n) is 5.18. The van der Waals surface area contributed by atoms with E-state index in [-0.39, 0.29) is 0 Å². The molecule has 15 heavy (non-hydrogen) atoms. The van der Waals surface area contributed by atoms with Crippen molar-refractivity contribution in [2.45, 2.75) is 51.3 Å². The topological polar surface area (TPSA) is 24.4 Å². The van der Waals surface area contributed by atoms with Gasteiger partial charge in [-0.1, -0.05) is 32.5 Å². The molecule has 0 saturated heterocycles. The maximum atomic E-state index is 4.52. The molecule has 4 unspecified atom stereocenters. The lowest BCUT2D eigenvalue weighted by Gasteiger charge is -2.32. The Hall–Kier alpha value is -0.180. The summed E-state index contributed by atoms with van der Waals surface area (Å²) in [6.07, 6.45) is 4.00. The summed E-state index contributed by atoms with van der Waals surface area (Å²) in [6.45, 7) is 8.00. The number of nitrogens with zero attached hydrogens (tertiary/aromatic N) is 1. The molecule has 1 aliphatic heterocycles. The Balaban J connectivity index is 1.81. The average molecular weight is 226 g/mol. The molecule has 1 heterocycles. The van der Waals surface area contributed by atoms with E-state index in [4.69, 9.17) is 0 Å². The lowest BCUT2D eigenvalue weighted by molar-refractivity contribution is 0.241. The van der Waals surface area contributed by atoms with Crippen LogP contribution in [0.25, 0.3) is 0 Å². The Kier molecular flexibility index (Phi) is 3.60. The van der Waals surface area contributed by atoms with Gasteiger partial charge in [-0.2, -0.15) is 0 Å². The summed E-state index contributed by atoms with van der Waals surface area (Å²) in [5.74, 6) is 1.76. The first kappa shape index (κ1) is 11.3. The molecule has 1 aliphatic carbocycles. The summed E-state index contributed by atoms with van der Waals surface area (Å²) in [6, 6.07) is 0.674. The van der Waals surface area contributed by atoms with Gasteiger partial charge in [-0.3, -0.25) is 4.99 Å². The fraction of sp³-hybridized carbons (Fsp3) is 0.917. The minimum atomic E-state index is 0.674. The number of nitrogens with one attached hydrogen (secondary N) is 1. The largest absolute Gasteiger partial charge is 0.362 e. The number of amidine groups is 1. The minimum Gasteiger partial charge on any atom is -0.362 e. The van der Waals surface area contributed by atoms with E-state index in [2.05, 4.69) is 31.1 Å². The molecular formula is C12H22N2S. The predicted molar refractivity (Wildman–Crippen MR) is 68.5 cm³/mol. The van der Waals surface area contributed by atoms with Crippen LogP contribution >= 0.6 is 11.8 Å². The number of hydrogen-bond acceptors (Lipinski definition) is 3. The Morgan fingerprint density at radius 3 is 2.60 bits per heavy atom. The van der Waals surface area contributed by atoms with Gasteiger partial charge in [0.25, 0.3) is 0 Å². The summed E-state index contributed by atoms with van der Waals surface area (Å²) >= 11 is 1.90. The van der Waals surface area contributed by atoms with Crippen molar-refractivity contribution in [3.8, 4) is 0 Å². The van der Waals surface area contributed by atoms with Crippen molar-refractivity contribution in [1.82, 2.24) is 5.32 Å². The first-order chi connectivity index (χ1) is 7.15. The van der Waals surface area contributed by atoms with Crippen LogP contribution in [0.1, 0.15) is 40.0 Å². The van der Waals surface area contributed by atoms with Gasteiger partial charge >= 0.3 is 0 Å². The van der Waals surface area contributed by atoms with Crippen LogP contribution in [0.4, 0.5) is 0 Å². The van der Waals surface area contributed by atoms with Gasteiger partial charge in [-0.05, 0) is 31.1 Å². The highest BCUT2D eigenvalue weighted by Crippen LogP contribution is 2.30. The Labute approximate surface area is 97.3 Å². The molecule has 0 aromatic rings. The number of hydrogen-bond donors (Lipinski definition) is 1. The maximum Gasteiger partial charge on any atom is 0.157 e. The van der Waals surface area contributed by atoms with Gasteiger partial charge in [-0.15, -0.1) is 0 Å². The SMILES string of the molecule is CC1CN=C(NC2CCC(C)C(C)C2)S1. The summed E-state index contributed by atoms with van der Waals surface area (Å²) in [5.41, 5.74) is 0. The van der Waals surface area contributed by atoms with Crippen molar-refractivity contribution in [1.29, 1.82) is 0 Å². The molecule has 0 aromatic carbocycles. The quantitative estimate of drug-likeness (QED) is 0.743. The number of rotatable bonds is 1. The monoisotopic (exact) mass is 226 g/mol. The zero-order valence-electron chi connectivity index (χ0n) is 9.99. The lowest BCUT2D eigenvalue weighted by Crippen LogP contribution is -2.38. The molecule has 86 valence electrons. The van der Waals surface area contributed by atoms with Crippen molar-refractivity contribution in [2.24, 2.45) is 16.8 Å². The molecule has 1 N–H and O–H groups in total. The van der Waals surface area contributed by atoms with E-state index < -0.39 is 0 Å². The van der Waals surface area contributed by atoms with Crippen molar-refractivity contribution in [3.05, 3.63) is 0 Å². The summed E-state index contributed by atoms with van der Waals surface area (Å²) in [5, 5.41) is 5.47. The molecule has 2 nitrogen and oxygen atoms in total. The van der Waals surface area contributed by atoms with Gasteiger partial charge in [0.05, 0.1) is 6.54 Å². The van der Waals surface area contributed by atoms with Crippen LogP contribution < -0.4 is 5.32 Å². The molecule has 3 heteroatoms. The Bertz CT molecular complexity index is 252. The summed E-state index contributed by atoms with van der Waals surface area (Å²) in [7, 11) is 0. The standard InChI is InChI=1S/C12H22N2S/c1-8-4-5-11(6-9(8)2)14-12-13-7-10(3)15-12/h8-11H,4-7H2,1-3H3,(H,13,14). The van der Waals surface area contributed by atoms with E-state index in [1.54, 1.807) is 0 Å². The molecule has 0 radical (unpaired) electrons. The number of aliphatic imine (C=N–C) groups is 1. The molecule has 0 spiro atoms. The highest BCUT2D eigenvalue weighted by Gasteiger charge is 2.26. The van der Waals surface area contributed by atoms with Crippen molar-refractivity contribution >= 4 is 16.9 Å². The summed E-state index contributed by atoms with van der Waals surface area (Å²) in [4.78, 5) is 4.52. The normalized spacial score (nSPS) is 41.4. The van der Waals surface area contributed by atoms with E-state index in [0.717, 1.165) is 18.4 Å². The van der Waals surface area contributed by atoms with Crippen LogP contribution in [-0.2, 0) is 0 Å². The van der Waals surface area contributed by atoms with E-state index in [0.29, 0.717) is 11.3 Å². The molecule has 2 rings (SSSR count). The fourth-order valence-corrected chi connectivity index (χ4v) is 3.32. The number of thioether (sulfide) groups is 1. The molecule has 0 aromatic heterocycles. The zero-order chi connectivity index (χ0) is 10.8. The average Bonchev–Trinajstić information content (AvgIpc) is 2.58. The lowest BCUT2D eigenvalue weighted by atomic mass is 9.79. The first-order valence-corrected chi connectivity index (χ1v) is 7.00. The van der Waals surface area contributed by atoms with Crippen LogP contribution in [-0.4, -0.2) is 23.0 Å². The minimum absolute atomic E-state index is 0.674. The van der Waals surface area contributed by atoms with Crippen LogP contribution in [0.2, 0.25) is 0 Å². The van der Waals surface area contributed by atoms with Crippen molar-refractivity contribution in [3.63, 3.8) is 0 Å². The zero-order valence-corrected chi connectivity index (χ0v) is 10.8. The Morgan fingerprint density at radius 1 is 1.20 bits per heavy atom. The third-order valence-electron chi connectivity index (χ3n) is 3.73. The molecule has 4 atom stereocenters.